The SMILES string of the molecule is COc1cc(/C=C(/C#N)c2ccc(C(=O)O)cc2)c(Br)cc1OCc1ccc(Cl)cc1Cl. The Hall–Kier alpha value is -2.98. The topological polar surface area (TPSA) is 79.5 Å². The van der Waals surface area contributed by atoms with Crippen LogP contribution in [0.2, 0.25) is 10.0 Å². The maximum absolute atomic E-state index is 11.0. The first-order valence-electron chi connectivity index (χ1n) is 9.22. The molecule has 0 aliphatic heterocycles. The molecule has 0 radical (unpaired) electrons. The number of benzene rings is 3. The van der Waals surface area contributed by atoms with E-state index in [-0.39, 0.29) is 12.2 Å². The molecule has 0 spiro atoms. The molecule has 0 unspecified atom stereocenters. The lowest BCUT2D eigenvalue weighted by atomic mass is 10.0. The molecule has 0 saturated carbocycles. The highest BCUT2D eigenvalue weighted by Gasteiger charge is 2.12. The molecule has 0 amide bonds. The molecule has 0 atom stereocenters. The van der Waals surface area contributed by atoms with Gasteiger partial charge in [-0.2, -0.15) is 5.26 Å². The van der Waals surface area contributed by atoms with Gasteiger partial charge in [0.2, 0.25) is 0 Å². The molecular weight excluding hydrogens is 517 g/mol. The largest absolute Gasteiger partial charge is 0.493 e. The number of aromatic carboxylic acids is 1. The van der Waals surface area contributed by atoms with Gasteiger partial charge in [0.25, 0.3) is 0 Å². The lowest BCUT2D eigenvalue weighted by molar-refractivity contribution is 0.0697. The highest BCUT2D eigenvalue weighted by Crippen LogP contribution is 2.36. The molecule has 8 heteroatoms. The molecule has 0 bridgehead atoms. The Bertz CT molecular complexity index is 1230. The molecule has 0 aromatic heterocycles. The number of carboxylic acids is 1. The maximum atomic E-state index is 11.0. The minimum absolute atomic E-state index is 0.149. The molecule has 0 aliphatic rings. The van der Waals surface area contributed by atoms with Gasteiger partial charge in [0, 0.05) is 20.1 Å². The number of allylic oxidation sites excluding steroid dienone is 1. The van der Waals surface area contributed by atoms with Crippen LogP contribution in [0.5, 0.6) is 11.5 Å². The van der Waals surface area contributed by atoms with Gasteiger partial charge in [-0.3, -0.25) is 0 Å². The highest BCUT2D eigenvalue weighted by atomic mass is 79.9. The first-order chi connectivity index (χ1) is 15.3. The van der Waals surface area contributed by atoms with E-state index in [2.05, 4.69) is 22.0 Å². The average molecular weight is 533 g/mol. The fourth-order valence-electron chi connectivity index (χ4n) is 2.86. The average Bonchev–Trinajstić information content (AvgIpc) is 2.78. The summed E-state index contributed by atoms with van der Waals surface area (Å²) in [6.07, 6.45) is 1.68. The van der Waals surface area contributed by atoms with Crippen molar-refractivity contribution >= 4 is 56.8 Å². The second-order valence-corrected chi connectivity index (χ2v) is 8.30. The molecule has 5 nitrogen and oxygen atoms in total. The third-order valence-corrected chi connectivity index (χ3v) is 5.82. The standard InChI is InChI=1S/C24H16BrCl2NO4/c1-31-22-9-17(8-18(12-28)14-2-4-15(5-3-14)24(29)30)20(25)11-23(22)32-13-16-6-7-19(26)10-21(16)27/h2-11H,13H2,1H3,(H,29,30)/b18-8-. The van der Waals surface area contributed by atoms with Crippen LogP contribution in [0.25, 0.3) is 11.6 Å². The van der Waals surface area contributed by atoms with Crippen LogP contribution < -0.4 is 9.47 Å². The molecular formula is C24H16BrCl2NO4. The van der Waals surface area contributed by atoms with Gasteiger partial charge in [-0.1, -0.05) is 57.3 Å². The number of carboxylic acid groups (broad SMARTS) is 1. The molecule has 3 aromatic rings. The maximum Gasteiger partial charge on any atom is 0.335 e. The number of halogens is 3. The minimum Gasteiger partial charge on any atom is -0.493 e. The van der Waals surface area contributed by atoms with Crippen molar-refractivity contribution in [1.29, 1.82) is 5.26 Å². The molecule has 0 fully saturated rings. The molecule has 162 valence electrons. The monoisotopic (exact) mass is 531 g/mol. The first kappa shape index (κ1) is 23.7. The van der Waals surface area contributed by atoms with Gasteiger partial charge in [-0.15, -0.1) is 0 Å². The third-order valence-electron chi connectivity index (χ3n) is 4.54. The van der Waals surface area contributed by atoms with E-state index in [1.54, 1.807) is 48.5 Å². The van der Waals surface area contributed by atoms with Crippen LogP contribution in [0.15, 0.2) is 59.1 Å². The molecule has 0 aliphatic carbocycles. The number of hydrogen-bond acceptors (Lipinski definition) is 4. The quantitative estimate of drug-likeness (QED) is 0.259. The van der Waals surface area contributed by atoms with Crippen molar-refractivity contribution in [1.82, 2.24) is 0 Å². The van der Waals surface area contributed by atoms with E-state index >= 15 is 0 Å². The van der Waals surface area contributed by atoms with E-state index in [4.69, 9.17) is 37.8 Å². The Morgan fingerprint density at radius 1 is 1.09 bits per heavy atom. The Morgan fingerprint density at radius 3 is 2.38 bits per heavy atom. The second kappa shape index (κ2) is 10.6. The molecule has 3 aromatic carbocycles. The summed E-state index contributed by atoms with van der Waals surface area (Å²) in [4.78, 5) is 11.0. The van der Waals surface area contributed by atoms with Gasteiger partial charge in [0.1, 0.15) is 6.61 Å². The Morgan fingerprint density at radius 2 is 1.78 bits per heavy atom. The Kier molecular flexibility index (Phi) is 7.81. The van der Waals surface area contributed by atoms with Gasteiger partial charge in [-0.05, 0) is 53.6 Å². The van der Waals surface area contributed by atoms with E-state index in [0.717, 1.165) is 5.56 Å². The number of carbonyl (C=O) groups is 1. The van der Waals surface area contributed by atoms with Crippen LogP contribution in [-0.2, 0) is 6.61 Å². The van der Waals surface area contributed by atoms with Gasteiger partial charge < -0.3 is 14.6 Å². The van der Waals surface area contributed by atoms with E-state index in [9.17, 15) is 10.1 Å². The number of hydrogen-bond donors (Lipinski definition) is 1. The fourth-order valence-corrected chi connectivity index (χ4v) is 3.76. The van der Waals surface area contributed by atoms with Crippen molar-refractivity contribution in [2.75, 3.05) is 7.11 Å². The highest BCUT2D eigenvalue weighted by molar-refractivity contribution is 9.10. The van der Waals surface area contributed by atoms with Gasteiger partial charge in [0.15, 0.2) is 11.5 Å². The van der Waals surface area contributed by atoms with Crippen molar-refractivity contribution in [3.63, 3.8) is 0 Å². The Labute approximate surface area is 203 Å². The summed E-state index contributed by atoms with van der Waals surface area (Å²) in [5.41, 5.74) is 2.58. The van der Waals surface area contributed by atoms with E-state index in [1.165, 1.54) is 19.2 Å². The third kappa shape index (κ3) is 5.63. The predicted molar refractivity (Wildman–Crippen MR) is 128 cm³/mol. The summed E-state index contributed by atoms with van der Waals surface area (Å²) in [5.74, 6) is -0.0584. The zero-order valence-electron chi connectivity index (χ0n) is 16.7. The number of ether oxygens (including phenoxy) is 2. The lowest BCUT2D eigenvalue weighted by Crippen LogP contribution is -1.99. The van der Waals surface area contributed by atoms with Crippen LogP contribution in [0.3, 0.4) is 0 Å². The fraction of sp³-hybridized carbons (Fsp3) is 0.0833. The van der Waals surface area contributed by atoms with Crippen LogP contribution in [0.1, 0.15) is 27.0 Å². The van der Waals surface area contributed by atoms with E-state index in [0.29, 0.717) is 42.7 Å². The van der Waals surface area contributed by atoms with E-state index < -0.39 is 5.97 Å². The second-order valence-electron chi connectivity index (χ2n) is 6.60. The van der Waals surface area contributed by atoms with Crippen LogP contribution in [0, 0.1) is 11.3 Å². The summed E-state index contributed by atoms with van der Waals surface area (Å²) in [5, 5.41) is 19.7. The normalized spacial score (nSPS) is 11.0. The van der Waals surface area contributed by atoms with Gasteiger partial charge in [-0.25, -0.2) is 4.79 Å². The summed E-state index contributed by atoms with van der Waals surface area (Å²) in [6, 6.07) is 16.9. The van der Waals surface area contributed by atoms with Crippen LogP contribution in [0.4, 0.5) is 0 Å². The molecule has 3 rings (SSSR count). The molecule has 1 N–H and O–H groups in total. The summed E-state index contributed by atoms with van der Waals surface area (Å²) < 4.78 is 12.0. The molecule has 0 saturated heterocycles. The predicted octanol–water partition coefficient (Wildman–Crippen LogP) is 7.11. The summed E-state index contributed by atoms with van der Waals surface area (Å²) in [7, 11) is 1.52. The molecule has 32 heavy (non-hydrogen) atoms. The van der Waals surface area contributed by atoms with Crippen LogP contribution in [-0.4, -0.2) is 18.2 Å². The zero-order valence-corrected chi connectivity index (χ0v) is 19.8. The van der Waals surface area contributed by atoms with Crippen molar-refractivity contribution in [2.45, 2.75) is 6.61 Å². The van der Waals surface area contributed by atoms with Crippen molar-refractivity contribution in [3.8, 4) is 17.6 Å². The first-order valence-corrected chi connectivity index (χ1v) is 10.8. The number of nitriles is 1. The minimum atomic E-state index is -1.03. The zero-order chi connectivity index (χ0) is 23.3. The van der Waals surface area contributed by atoms with Gasteiger partial charge >= 0.3 is 5.97 Å². The summed E-state index contributed by atoms with van der Waals surface area (Å²) >= 11 is 15.7. The van der Waals surface area contributed by atoms with Crippen molar-refractivity contribution < 1.29 is 19.4 Å². The van der Waals surface area contributed by atoms with Crippen molar-refractivity contribution in [2.24, 2.45) is 0 Å². The van der Waals surface area contributed by atoms with Crippen LogP contribution >= 0.6 is 39.1 Å². The lowest BCUT2D eigenvalue weighted by Gasteiger charge is -2.14. The molecule has 0 heterocycles. The van der Waals surface area contributed by atoms with Crippen molar-refractivity contribution in [3.05, 3.63) is 91.4 Å². The number of methoxy groups -OCH3 is 1. The Balaban J connectivity index is 1.89. The summed E-state index contributed by atoms with van der Waals surface area (Å²) in [6.45, 7) is 0.216. The smallest absolute Gasteiger partial charge is 0.335 e. The number of nitrogens with zero attached hydrogens (tertiary/aromatic N) is 1. The number of rotatable bonds is 7. The van der Waals surface area contributed by atoms with Gasteiger partial charge in [0.05, 0.1) is 24.3 Å². The van der Waals surface area contributed by atoms with E-state index in [1.807, 2.05) is 0 Å².